The van der Waals surface area contributed by atoms with Crippen molar-refractivity contribution < 1.29 is 9.50 Å². The molecule has 0 bridgehead atoms. The van der Waals surface area contributed by atoms with E-state index >= 15 is 0 Å². The largest absolute Gasteiger partial charge is 0.507 e. The Morgan fingerprint density at radius 1 is 1.29 bits per heavy atom. The quantitative estimate of drug-likeness (QED) is 0.759. The van der Waals surface area contributed by atoms with E-state index in [0.29, 0.717) is 5.56 Å². The lowest BCUT2D eigenvalue weighted by atomic mass is 10.1. The molecule has 0 fully saturated rings. The van der Waals surface area contributed by atoms with Crippen LogP contribution in [0.5, 0.6) is 5.75 Å². The van der Waals surface area contributed by atoms with Gasteiger partial charge in [0.25, 0.3) is 0 Å². The molecule has 2 rings (SSSR count). The Bertz CT molecular complexity index is 462. The van der Waals surface area contributed by atoms with E-state index in [2.05, 4.69) is 0 Å². The monoisotopic (exact) mass is 208 g/mol. The Balaban J connectivity index is 2.62. The molecule has 0 atom stereocenters. The molecule has 0 amide bonds. The summed E-state index contributed by atoms with van der Waals surface area (Å²) in [4.78, 5) is 0.919. The highest BCUT2D eigenvalue weighted by atomic mass is 32.1. The van der Waals surface area contributed by atoms with Gasteiger partial charge in [-0.2, -0.15) is 0 Å². The molecule has 0 aliphatic carbocycles. The molecule has 1 heterocycles. The van der Waals surface area contributed by atoms with Crippen LogP contribution in [-0.2, 0) is 0 Å². The SMILES string of the molecule is Cc1ccsc1-c1cc(F)ccc1O. The predicted molar refractivity (Wildman–Crippen MR) is 56.1 cm³/mol. The maximum absolute atomic E-state index is 13.0. The van der Waals surface area contributed by atoms with Gasteiger partial charge in [0.05, 0.1) is 0 Å². The Morgan fingerprint density at radius 2 is 2.07 bits per heavy atom. The van der Waals surface area contributed by atoms with Crippen molar-refractivity contribution >= 4 is 11.3 Å². The first-order chi connectivity index (χ1) is 6.68. The maximum Gasteiger partial charge on any atom is 0.124 e. The second-order valence-corrected chi connectivity index (χ2v) is 4.01. The van der Waals surface area contributed by atoms with Gasteiger partial charge < -0.3 is 5.11 Å². The summed E-state index contributed by atoms with van der Waals surface area (Å²) in [6.07, 6.45) is 0. The van der Waals surface area contributed by atoms with Gasteiger partial charge in [0.15, 0.2) is 0 Å². The molecular formula is C11H9FOS. The van der Waals surface area contributed by atoms with E-state index < -0.39 is 0 Å². The Morgan fingerprint density at radius 3 is 2.71 bits per heavy atom. The van der Waals surface area contributed by atoms with Crippen LogP contribution >= 0.6 is 11.3 Å². The second kappa shape index (κ2) is 3.42. The van der Waals surface area contributed by atoms with Gasteiger partial charge in [-0.15, -0.1) is 11.3 Å². The van der Waals surface area contributed by atoms with Gasteiger partial charge in [-0.25, -0.2) is 4.39 Å². The summed E-state index contributed by atoms with van der Waals surface area (Å²) in [5.74, 6) is -0.206. The fourth-order valence-electron chi connectivity index (χ4n) is 1.34. The van der Waals surface area contributed by atoms with Crippen LogP contribution in [0.4, 0.5) is 4.39 Å². The lowest BCUT2D eigenvalue weighted by Gasteiger charge is -2.03. The Kier molecular flexibility index (Phi) is 2.25. The van der Waals surface area contributed by atoms with Crippen molar-refractivity contribution in [3.8, 4) is 16.2 Å². The molecule has 0 aliphatic rings. The summed E-state index contributed by atoms with van der Waals surface area (Å²) >= 11 is 1.50. The minimum absolute atomic E-state index is 0.122. The summed E-state index contributed by atoms with van der Waals surface area (Å²) in [6.45, 7) is 1.94. The molecular weight excluding hydrogens is 199 g/mol. The van der Waals surface area contributed by atoms with E-state index in [4.69, 9.17) is 0 Å². The van der Waals surface area contributed by atoms with Crippen LogP contribution < -0.4 is 0 Å². The molecule has 2 aromatic rings. The molecule has 0 saturated carbocycles. The van der Waals surface area contributed by atoms with Crippen molar-refractivity contribution in [3.63, 3.8) is 0 Å². The molecule has 1 aromatic carbocycles. The van der Waals surface area contributed by atoms with Gasteiger partial charge in [-0.1, -0.05) is 0 Å². The number of hydrogen-bond acceptors (Lipinski definition) is 2. The van der Waals surface area contributed by atoms with Crippen LogP contribution in [0, 0.1) is 12.7 Å². The highest BCUT2D eigenvalue weighted by Crippen LogP contribution is 2.35. The topological polar surface area (TPSA) is 20.2 Å². The smallest absolute Gasteiger partial charge is 0.124 e. The first kappa shape index (κ1) is 9.21. The van der Waals surface area contributed by atoms with Gasteiger partial charge in [0.2, 0.25) is 0 Å². The third-order valence-corrected chi connectivity index (χ3v) is 3.12. The normalized spacial score (nSPS) is 10.4. The molecule has 1 N–H and O–H groups in total. The van der Waals surface area contributed by atoms with Crippen molar-refractivity contribution in [3.05, 3.63) is 41.0 Å². The van der Waals surface area contributed by atoms with Gasteiger partial charge >= 0.3 is 0 Å². The van der Waals surface area contributed by atoms with E-state index in [1.165, 1.54) is 29.5 Å². The summed E-state index contributed by atoms with van der Waals surface area (Å²) < 4.78 is 13.0. The van der Waals surface area contributed by atoms with Crippen LogP contribution in [0.2, 0.25) is 0 Å². The summed E-state index contributed by atoms with van der Waals surface area (Å²) in [7, 11) is 0. The van der Waals surface area contributed by atoms with E-state index in [1.807, 2.05) is 18.4 Å². The fourth-order valence-corrected chi connectivity index (χ4v) is 2.29. The van der Waals surface area contributed by atoms with E-state index in [-0.39, 0.29) is 11.6 Å². The Hall–Kier alpha value is -1.35. The first-order valence-electron chi connectivity index (χ1n) is 4.21. The van der Waals surface area contributed by atoms with Crippen molar-refractivity contribution in [2.75, 3.05) is 0 Å². The molecule has 0 unspecified atom stereocenters. The number of halogens is 1. The molecule has 0 spiro atoms. The lowest BCUT2D eigenvalue weighted by molar-refractivity contribution is 0.475. The van der Waals surface area contributed by atoms with Gasteiger partial charge in [0, 0.05) is 10.4 Å². The number of phenolic OH excluding ortho intramolecular Hbond substituents is 1. The number of hydrogen-bond donors (Lipinski definition) is 1. The minimum Gasteiger partial charge on any atom is -0.507 e. The second-order valence-electron chi connectivity index (χ2n) is 3.09. The number of thiophene rings is 1. The standard InChI is InChI=1S/C11H9FOS/c1-7-4-5-14-11(7)9-6-8(12)2-3-10(9)13/h2-6,13H,1H3. The van der Waals surface area contributed by atoms with Crippen molar-refractivity contribution in [2.24, 2.45) is 0 Å². The molecule has 0 saturated heterocycles. The van der Waals surface area contributed by atoms with Crippen LogP contribution in [0.1, 0.15) is 5.56 Å². The lowest BCUT2D eigenvalue weighted by Crippen LogP contribution is -1.80. The molecule has 72 valence electrons. The third kappa shape index (κ3) is 1.51. The molecule has 14 heavy (non-hydrogen) atoms. The fraction of sp³-hybridized carbons (Fsp3) is 0.0909. The van der Waals surface area contributed by atoms with Crippen molar-refractivity contribution in [1.29, 1.82) is 0 Å². The molecule has 1 nitrogen and oxygen atoms in total. The van der Waals surface area contributed by atoms with E-state index in [0.717, 1.165) is 10.4 Å². The van der Waals surface area contributed by atoms with Gasteiger partial charge in [0.1, 0.15) is 11.6 Å². The van der Waals surface area contributed by atoms with Crippen LogP contribution in [0.15, 0.2) is 29.6 Å². The summed E-state index contributed by atoms with van der Waals surface area (Å²) in [6, 6.07) is 5.93. The van der Waals surface area contributed by atoms with Crippen LogP contribution in [-0.4, -0.2) is 5.11 Å². The molecule has 0 aliphatic heterocycles. The molecule has 3 heteroatoms. The van der Waals surface area contributed by atoms with Crippen molar-refractivity contribution in [2.45, 2.75) is 6.92 Å². The molecule has 0 radical (unpaired) electrons. The highest BCUT2D eigenvalue weighted by molar-refractivity contribution is 7.13. The van der Waals surface area contributed by atoms with Gasteiger partial charge in [-0.05, 0) is 42.1 Å². The summed E-state index contributed by atoms with van der Waals surface area (Å²) in [5.41, 5.74) is 1.62. The molecule has 1 aromatic heterocycles. The maximum atomic E-state index is 13.0. The predicted octanol–water partition coefficient (Wildman–Crippen LogP) is 3.57. The Labute approximate surface area is 85.5 Å². The van der Waals surface area contributed by atoms with Gasteiger partial charge in [-0.3, -0.25) is 0 Å². The van der Waals surface area contributed by atoms with Crippen LogP contribution in [0.25, 0.3) is 10.4 Å². The third-order valence-electron chi connectivity index (χ3n) is 2.07. The zero-order chi connectivity index (χ0) is 10.1. The average Bonchev–Trinajstić information content (AvgIpc) is 2.56. The van der Waals surface area contributed by atoms with E-state index in [1.54, 1.807) is 0 Å². The van der Waals surface area contributed by atoms with Crippen molar-refractivity contribution in [1.82, 2.24) is 0 Å². The number of rotatable bonds is 1. The van der Waals surface area contributed by atoms with Crippen LogP contribution in [0.3, 0.4) is 0 Å². The number of aryl methyl sites for hydroxylation is 1. The summed E-state index contributed by atoms with van der Waals surface area (Å²) in [5, 5.41) is 11.5. The van der Waals surface area contributed by atoms with E-state index in [9.17, 15) is 9.50 Å². The number of phenols is 1. The minimum atomic E-state index is -0.328. The average molecular weight is 208 g/mol. The zero-order valence-electron chi connectivity index (χ0n) is 7.62. The first-order valence-corrected chi connectivity index (χ1v) is 5.09. The number of benzene rings is 1. The highest BCUT2D eigenvalue weighted by Gasteiger charge is 2.09. The number of aromatic hydroxyl groups is 1. The zero-order valence-corrected chi connectivity index (χ0v) is 8.44.